The Morgan fingerprint density at radius 3 is 1.88 bits per heavy atom. The van der Waals surface area contributed by atoms with Crippen LogP contribution in [-0.2, 0) is 0 Å². The zero-order valence-corrected chi connectivity index (χ0v) is 11.0. The van der Waals surface area contributed by atoms with Gasteiger partial charge in [0.25, 0.3) is 6.08 Å². The number of hydrogen-bond acceptors (Lipinski definition) is 1. The average molecular weight is 242 g/mol. The second-order valence-corrected chi connectivity index (χ2v) is 9.61. The summed E-state index contributed by atoms with van der Waals surface area (Å²) in [5, 5.41) is 0.218. The molecule has 0 bridgehead atoms. The summed E-state index contributed by atoms with van der Waals surface area (Å²) in [4.78, 5) is 0. The first-order valence-corrected chi connectivity index (χ1v) is 8.56. The standard InChI is InChI=1S/C12H16F2OSi/c1-15-10-7-5-9(6-8-10)11(12(13)14)16(2,3)4/h5-8H,1-4H3. The van der Waals surface area contributed by atoms with Gasteiger partial charge in [-0.2, -0.15) is 8.78 Å². The molecule has 0 amide bonds. The Morgan fingerprint density at radius 2 is 1.56 bits per heavy atom. The van der Waals surface area contributed by atoms with E-state index in [9.17, 15) is 8.78 Å². The van der Waals surface area contributed by atoms with Gasteiger partial charge in [0.2, 0.25) is 0 Å². The van der Waals surface area contributed by atoms with Crippen LogP contribution in [0, 0.1) is 0 Å². The zero-order valence-electron chi connectivity index (χ0n) is 9.97. The number of benzene rings is 1. The molecular formula is C12H16F2OSi. The molecule has 0 spiro atoms. The summed E-state index contributed by atoms with van der Waals surface area (Å²) < 4.78 is 30.9. The Balaban J connectivity index is 3.19. The van der Waals surface area contributed by atoms with Crippen LogP contribution in [0.1, 0.15) is 5.56 Å². The molecule has 0 aliphatic heterocycles. The third-order valence-corrected chi connectivity index (χ3v) is 4.30. The van der Waals surface area contributed by atoms with Gasteiger partial charge in [-0.25, -0.2) is 0 Å². The van der Waals surface area contributed by atoms with Crippen molar-refractivity contribution in [2.45, 2.75) is 19.6 Å². The van der Waals surface area contributed by atoms with Crippen LogP contribution in [0.2, 0.25) is 19.6 Å². The van der Waals surface area contributed by atoms with Gasteiger partial charge in [0.1, 0.15) is 5.75 Å². The molecule has 88 valence electrons. The fourth-order valence-electron chi connectivity index (χ4n) is 1.58. The minimum atomic E-state index is -2.03. The summed E-state index contributed by atoms with van der Waals surface area (Å²) in [5.74, 6) is 0.679. The van der Waals surface area contributed by atoms with E-state index in [1.54, 1.807) is 31.4 Å². The summed E-state index contributed by atoms with van der Waals surface area (Å²) in [6.07, 6.45) is -1.57. The topological polar surface area (TPSA) is 9.23 Å². The number of methoxy groups -OCH3 is 1. The predicted octanol–water partition coefficient (Wildman–Crippen LogP) is 4.18. The summed E-state index contributed by atoms with van der Waals surface area (Å²) in [6.45, 7) is 5.73. The van der Waals surface area contributed by atoms with Crippen LogP contribution in [-0.4, -0.2) is 15.2 Å². The van der Waals surface area contributed by atoms with Crippen LogP contribution in [0.4, 0.5) is 8.78 Å². The van der Waals surface area contributed by atoms with Crippen molar-refractivity contribution in [3.05, 3.63) is 35.9 Å². The second kappa shape index (κ2) is 4.78. The summed E-state index contributed by atoms with van der Waals surface area (Å²) in [5.41, 5.74) is 0.597. The van der Waals surface area contributed by atoms with Gasteiger partial charge in [-0.3, -0.25) is 0 Å². The smallest absolute Gasteiger partial charge is 0.270 e. The first kappa shape index (κ1) is 12.9. The molecule has 0 heterocycles. The van der Waals surface area contributed by atoms with Gasteiger partial charge >= 0.3 is 0 Å². The van der Waals surface area contributed by atoms with Crippen molar-refractivity contribution in [1.82, 2.24) is 0 Å². The van der Waals surface area contributed by atoms with Crippen LogP contribution in [0.5, 0.6) is 5.75 Å². The van der Waals surface area contributed by atoms with Crippen LogP contribution >= 0.6 is 0 Å². The lowest BCUT2D eigenvalue weighted by Crippen LogP contribution is -2.23. The Kier molecular flexibility index (Phi) is 3.86. The van der Waals surface area contributed by atoms with Crippen molar-refractivity contribution < 1.29 is 13.5 Å². The maximum absolute atomic E-state index is 12.9. The van der Waals surface area contributed by atoms with E-state index in [1.165, 1.54) is 0 Å². The zero-order chi connectivity index (χ0) is 12.3. The molecule has 0 aromatic heterocycles. The predicted molar refractivity (Wildman–Crippen MR) is 65.5 cm³/mol. The highest BCUT2D eigenvalue weighted by molar-refractivity contribution is 6.93. The normalized spacial score (nSPS) is 11.1. The third kappa shape index (κ3) is 2.92. The van der Waals surface area contributed by atoms with E-state index >= 15 is 0 Å². The van der Waals surface area contributed by atoms with E-state index in [0.717, 1.165) is 0 Å². The van der Waals surface area contributed by atoms with Crippen LogP contribution in [0.15, 0.2) is 30.3 Å². The molecule has 0 unspecified atom stereocenters. The van der Waals surface area contributed by atoms with Gasteiger partial charge in [0.05, 0.1) is 15.2 Å². The van der Waals surface area contributed by atoms with Crippen molar-refractivity contribution in [2.75, 3.05) is 7.11 Å². The molecule has 16 heavy (non-hydrogen) atoms. The second-order valence-electron chi connectivity index (χ2n) is 4.61. The van der Waals surface area contributed by atoms with Gasteiger partial charge < -0.3 is 4.74 Å². The Morgan fingerprint density at radius 1 is 1.06 bits per heavy atom. The summed E-state index contributed by atoms with van der Waals surface area (Å²) in [7, 11) is -0.474. The van der Waals surface area contributed by atoms with E-state index in [0.29, 0.717) is 11.3 Å². The Hall–Kier alpha value is -1.16. The quantitative estimate of drug-likeness (QED) is 0.722. The van der Waals surface area contributed by atoms with Crippen LogP contribution in [0.25, 0.3) is 5.20 Å². The van der Waals surface area contributed by atoms with Crippen molar-refractivity contribution >= 4 is 13.3 Å². The van der Waals surface area contributed by atoms with Gasteiger partial charge in [-0.05, 0) is 17.7 Å². The highest BCUT2D eigenvalue weighted by Gasteiger charge is 2.25. The molecule has 1 aromatic carbocycles. The van der Waals surface area contributed by atoms with E-state index in [2.05, 4.69) is 0 Å². The van der Waals surface area contributed by atoms with Crippen molar-refractivity contribution in [3.8, 4) is 5.75 Å². The molecule has 0 atom stereocenters. The van der Waals surface area contributed by atoms with E-state index in [-0.39, 0.29) is 5.20 Å². The molecule has 0 aliphatic carbocycles. The molecule has 0 saturated heterocycles. The van der Waals surface area contributed by atoms with Crippen LogP contribution < -0.4 is 4.74 Å². The summed E-state index contributed by atoms with van der Waals surface area (Å²) >= 11 is 0. The maximum Gasteiger partial charge on any atom is 0.270 e. The molecular weight excluding hydrogens is 226 g/mol. The van der Waals surface area contributed by atoms with E-state index in [1.807, 2.05) is 19.6 Å². The van der Waals surface area contributed by atoms with Gasteiger partial charge in [-0.15, -0.1) is 0 Å². The number of halogens is 2. The molecule has 0 fully saturated rings. The largest absolute Gasteiger partial charge is 0.497 e. The highest BCUT2D eigenvalue weighted by atomic mass is 28.3. The SMILES string of the molecule is COc1ccc(C(=C(F)F)[Si](C)(C)C)cc1. The van der Waals surface area contributed by atoms with Crippen molar-refractivity contribution in [1.29, 1.82) is 0 Å². The molecule has 0 N–H and O–H groups in total. The Labute approximate surface area is 95.8 Å². The number of hydrogen-bond donors (Lipinski definition) is 0. The first-order valence-electron chi connectivity index (χ1n) is 5.06. The third-order valence-electron chi connectivity index (χ3n) is 2.32. The minimum Gasteiger partial charge on any atom is -0.497 e. The minimum absolute atomic E-state index is 0.218. The van der Waals surface area contributed by atoms with E-state index in [4.69, 9.17) is 4.74 Å². The van der Waals surface area contributed by atoms with Gasteiger partial charge in [0.15, 0.2) is 0 Å². The molecule has 0 saturated carbocycles. The average Bonchev–Trinajstić information content (AvgIpc) is 2.16. The number of ether oxygens (including phenoxy) is 1. The summed E-state index contributed by atoms with van der Waals surface area (Å²) in [6, 6.07) is 6.79. The van der Waals surface area contributed by atoms with Crippen molar-refractivity contribution in [3.63, 3.8) is 0 Å². The molecule has 0 radical (unpaired) electrons. The molecule has 0 aliphatic rings. The highest BCUT2D eigenvalue weighted by Crippen LogP contribution is 2.31. The lowest BCUT2D eigenvalue weighted by atomic mass is 10.2. The van der Waals surface area contributed by atoms with Crippen LogP contribution in [0.3, 0.4) is 0 Å². The maximum atomic E-state index is 12.9. The molecule has 4 heteroatoms. The van der Waals surface area contributed by atoms with Crippen molar-refractivity contribution in [2.24, 2.45) is 0 Å². The lowest BCUT2D eigenvalue weighted by Gasteiger charge is -2.20. The Bertz CT molecular complexity index is 386. The molecule has 1 nitrogen and oxygen atoms in total. The lowest BCUT2D eigenvalue weighted by molar-refractivity contribution is 0.414. The first-order chi connectivity index (χ1) is 7.36. The van der Waals surface area contributed by atoms with Gasteiger partial charge in [-0.1, -0.05) is 31.8 Å². The number of rotatable bonds is 3. The fourth-order valence-corrected chi connectivity index (χ4v) is 3.18. The van der Waals surface area contributed by atoms with Gasteiger partial charge in [0, 0.05) is 5.20 Å². The monoisotopic (exact) mass is 242 g/mol. The molecule has 1 aromatic rings. The fraction of sp³-hybridized carbons (Fsp3) is 0.333. The van der Waals surface area contributed by atoms with E-state index < -0.39 is 14.2 Å². The molecule has 1 rings (SSSR count).